The normalized spacial score (nSPS) is 11.6. The molecular formula is C22H22N4O2S. The van der Waals surface area contributed by atoms with E-state index in [4.69, 9.17) is 0 Å². The summed E-state index contributed by atoms with van der Waals surface area (Å²) < 4.78 is 0. The minimum Gasteiger partial charge on any atom is -0.272 e. The van der Waals surface area contributed by atoms with Gasteiger partial charge in [-0.25, -0.2) is 10.9 Å². The van der Waals surface area contributed by atoms with E-state index in [0.29, 0.717) is 0 Å². The Morgan fingerprint density at radius 3 is 1.55 bits per heavy atom. The Labute approximate surface area is 174 Å². The van der Waals surface area contributed by atoms with Crippen molar-refractivity contribution in [2.45, 2.75) is 0 Å². The molecule has 2 N–H and O–H groups in total. The topological polar surface area (TPSA) is 82.9 Å². The van der Waals surface area contributed by atoms with Crippen molar-refractivity contribution in [2.24, 2.45) is 10.2 Å². The standard InChI is InChI=1S/C22H22N4O2S/c27-21(25-23-15-7-13-19-9-3-1-4-10-19)17-29-18-22(28)26-24-16-8-14-20-11-5-2-6-12-20/h1-16H,17-18H2,(H,25,27)(H,26,28)/b13-7+,14-8+,23-15+,24-16+. The number of nitrogens with one attached hydrogen (secondary N) is 2. The predicted octanol–water partition coefficient (Wildman–Crippen LogP) is 3.35. The van der Waals surface area contributed by atoms with Crippen LogP contribution in [0.3, 0.4) is 0 Å². The Kier molecular flexibility index (Phi) is 10.3. The van der Waals surface area contributed by atoms with Gasteiger partial charge in [0, 0.05) is 12.4 Å². The van der Waals surface area contributed by atoms with Crippen LogP contribution in [-0.2, 0) is 9.59 Å². The summed E-state index contributed by atoms with van der Waals surface area (Å²) in [5.74, 6) is -0.293. The molecule has 2 aromatic carbocycles. The van der Waals surface area contributed by atoms with Gasteiger partial charge in [0.1, 0.15) is 0 Å². The van der Waals surface area contributed by atoms with Crippen molar-refractivity contribution in [3.63, 3.8) is 0 Å². The maximum atomic E-state index is 11.7. The highest BCUT2D eigenvalue weighted by Crippen LogP contribution is 2.01. The third kappa shape index (κ3) is 10.5. The van der Waals surface area contributed by atoms with E-state index >= 15 is 0 Å². The fourth-order valence-electron chi connectivity index (χ4n) is 2.04. The molecular weight excluding hydrogens is 384 g/mol. The molecule has 2 rings (SSSR count). The highest BCUT2D eigenvalue weighted by Gasteiger charge is 2.03. The summed E-state index contributed by atoms with van der Waals surface area (Å²) in [5.41, 5.74) is 6.90. The first-order chi connectivity index (χ1) is 14.2. The first kappa shape index (κ1) is 21.8. The molecule has 7 heteroatoms. The number of hydrazone groups is 2. The third-order valence-electron chi connectivity index (χ3n) is 3.34. The van der Waals surface area contributed by atoms with Crippen molar-refractivity contribution >= 4 is 48.2 Å². The van der Waals surface area contributed by atoms with Crippen molar-refractivity contribution in [3.8, 4) is 0 Å². The van der Waals surface area contributed by atoms with Crippen LogP contribution in [0, 0.1) is 0 Å². The Morgan fingerprint density at radius 2 is 1.14 bits per heavy atom. The van der Waals surface area contributed by atoms with E-state index in [1.165, 1.54) is 24.2 Å². The summed E-state index contributed by atoms with van der Waals surface area (Å²) in [6, 6.07) is 19.5. The zero-order valence-electron chi connectivity index (χ0n) is 15.8. The molecule has 0 saturated heterocycles. The number of carbonyl (C=O) groups excluding carboxylic acids is 2. The lowest BCUT2D eigenvalue weighted by molar-refractivity contribution is -0.118. The highest BCUT2D eigenvalue weighted by molar-refractivity contribution is 8.00. The predicted molar refractivity (Wildman–Crippen MR) is 122 cm³/mol. The second-order valence-corrected chi connectivity index (χ2v) is 6.64. The summed E-state index contributed by atoms with van der Waals surface area (Å²) in [6.07, 6.45) is 10.2. The van der Waals surface area contributed by atoms with Crippen molar-refractivity contribution in [1.29, 1.82) is 0 Å². The van der Waals surface area contributed by atoms with Crippen molar-refractivity contribution in [2.75, 3.05) is 11.5 Å². The van der Waals surface area contributed by atoms with Gasteiger partial charge in [-0.15, -0.1) is 11.8 Å². The lowest BCUT2D eigenvalue weighted by atomic mass is 10.2. The van der Waals surface area contributed by atoms with Gasteiger partial charge >= 0.3 is 0 Å². The van der Waals surface area contributed by atoms with E-state index < -0.39 is 0 Å². The molecule has 0 aliphatic rings. The molecule has 2 aromatic rings. The van der Waals surface area contributed by atoms with Crippen LogP contribution in [0.5, 0.6) is 0 Å². The summed E-state index contributed by atoms with van der Waals surface area (Å²) >= 11 is 1.18. The average Bonchev–Trinajstić information content (AvgIpc) is 2.75. The van der Waals surface area contributed by atoms with Gasteiger partial charge in [-0.05, 0) is 23.3 Å². The number of thioether (sulfide) groups is 1. The Hall–Kier alpha value is -3.45. The van der Waals surface area contributed by atoms with E-state index in [-0.39, 0.29) is 23.3 Å². The first-order valence-electron chi connectivity index (χ1n) is 8.89. The SMILES string of the molecule is O=C(CSCC(=O)N/N=C/C=C/c1ccccc1)N/N=C/C=C/c1ccccc1. The number of hydrogen-bond acceptors (Lipinski definition) is 5. The highest BCUT2D eigenvalue weighted by atomic mass is 32.2. The molecule has 0 spiro atoms. The lowest BCUT2D eigenvalue weighted by Gasteiger charge is -1.99. The zero-order valence-corrected chi connectivity index (χ0v) is 16.6. The molecule has 148 valence electrons. The first-order valence-corrected chi connectivity index (χ1v) is 10.0. The van der Waals surface area contributed by atoms with E-state index in [1.54, 1.807) is 12.2 Å². The number of amides is 2. The number of allylic oxidation sites excluding steroid dienone is 2. The van der Waals surface area contributed by atoms with Gasteiger partial charge in [-0.3, -0.25) is 9.59 Å². The Bertz CT molecular complexity index is 805. The van der Waals surface area contributed by atoms with Crippen LogP contribution in [0.15, 0.2) is 83.0 Å². The van der Waals surface area contributed by atoms with Crippen molar-refractivity contribution in [1.82, 2.24) is 10.9 Å². The zero-order chi connectivity index (χ0) is 20.6. The van der Waals surface area contributed by atoms with Crippen LogP contribution in [0.2, 0.25) is 0 Å². The van der Waals surface area contributed by atoms with E-state index in [0.717, 1.165) is 11.1 Å². The smallest absolute Gasteiger partial charge is 0.250 e. The summed E-state index contributed by atoms with van der Waals surface area (Å²) in [4.78, 5) is 23.3. The minimum absolute atomic E-state index is 0.130. The number of nitrogens with zero attached hydrogens (tertiary/aromatic N) is 2. The van der Waals surface area contributed by atoms with Gasteiger partial charge in [0.25, 0.3) is 0 Å². The van der Waals surface area contributed by atoms with E-state index in [2.05, 4.69) is 21.1 Å². The molecule has 0 unspecified atom stereocenters. The van der Waals surface area contributed by atoms with Gasteiger partial charge in [0.15, 0.2) is 0 Å². The molecule has 0 atom stereocenters. The molecule has 0 heterocycles. The molecule has 0 aliphatic carbocycles. The average molecular weight is 407 g/mol. The largest absolute Gasteiger partial charge is 0.272 e. The second kappa shape index (κ2) is 13.7. The Balaban J connectivity index is 1.55. The van der Waals surface area contributed by atoms with E-state index in [9.17, 15) is 9.59 Å². The molecule has 2 amide bonds. The van der Waals surface area contributed by atoms with Crippen LogP contribution in [0.25, 0.3) is 12.2 Å². The van der Waals surface area contributed by atoms with Gasteiger partial charge in [0.05, 0.1) is 11.5 Å². The fraction of sp³-hybridized carbons (Fsp3) is 0.0909. The van der Waals surface area contributed by atoms with Gasteiger partial charge in [0.2, 0.25) is 11.8 Å². The van der Waals surface area contributed by atoms with Gasteiger partial charge < -0.3 is 0 Å². The van der Waals surface area contributed by atoms with Gasteiger partial charge in [-0.2, -0.15) is 10.2 Å². The molecule has 29 heavy (non-hydrogen) atoms. The third-order valence-corrected chi connectivity index (χ3v) is 4.28. The molecule has 0 bridgehead atoms. The number of benzene rings is 2. The van der Waals surface area contributed by atoms with Crippen molar-refractivity contribution in [3.05, 3.63) is 83.9 Å². The fourth-order valence-corrected chi connectivity index (χ4v) is 2.64. The maximum Gasteiger partial charge on any atom is 0.250 e. The van der Waals surface area contributed by atoms with Gasteiger partial charge in [-0.1, -0.05) is 72.8 Å². The quantitative estimate of drug-likeness (QED) is 0.469. The molecule has 0 radical (unpaired) electrons. The molecule has 0 aromatic heterocycles. The van der Waals surface area contributed by atoms with E-state index in [1.807, 2.05) is 72.8 Å². The monoisotopic (exact) mass is 406 g/mol. The van der Waals surface area contributed by atoms with Crippen LogP contribution in [0.4, 0.5) is 0 Å². The molecule has 0 fully saturated rings. The van der Waals surface area contributed by atoms with Crippen LogP contribution in [0.1, 0.15) is 11.1 Å². The number of rotatable bonds is 10. The number of carbonyl (C=O) groups is 2. The Morgan fingerprint density at radius 1 is 0.724 bits per heavy atom. The minimum atomic E-state index is -0.276. The molecule has 6 nitrogen and oxygen atoms in total. The maximum absolute atomic E-state index is 11.7. The molecule has 0 aliphatic heterocycles. The second-order valence-electron chi connectivity index (χ2n) is 5.66. The summed E-state index contributed by atoms with van der Waals surface area (Å²) in [7, 11) is 0. The summed E-state index contributed by atoms with van der Waals surface area (Å²) in [5, 5.41) is 7.65. The number of hydrogen-bond donors (Lipinski definition) is 2. The van der Waals surface area contributed by atoms with Crippen LogP contribution < -0.4 is 10.9 Å². The van der Waals surface area contributed by atoms with Crippen molar-refractivity contribution < 1.29 is 9.59 Å². The summed E-state index contributed by atoms with van der Waals surface area (Å²) in [6.45, 7) is 0. The van der Waals surface area contributed by atoms with Crippen LogP contribution >= 0.6 is 11.8 Å². The lowest BCUT2D eigenvalue weighted by Crippen LogP contribution is -2.23. The molecule has 0 saturated carbocycles. The van der Waals surface area contributed by atoms with Crippen LogP contribution in [-0.4, -0.2) is 35.7 Å².